The lowest BCUT2D eigenvalue weighted by molar-refractivity contribution is 0.101. The van der Waals surface area contributed by atoms with Crippen molar-refractivity contribution in [2.24, 2.45) is 0 Å². The lowest BCUT2D eigenvalue weighted by atomic mass is 9.81. The number of fused-ring (bicyclic) bond motifs is 1. The summed E-state index contributed by atoms with van der Waals surface area (Å²) in [5.74, 6) is 0.743. The van der Waals surface area contributed by atoms with E-state index in [9.17, 15) is 4.79 Å². The number of nitrogens with zero attached hydrogens (tertiary/aromatic N) is 3. The molecule has 1 saturated heterocycles. The summed E-state index contributed by atoms with van der Waals surface area (Å²) in [6.07, 6.45) is 5.63. The van der Waals surface area contributed by atoms with Gasteiger partial charge in [0.25, 0.3) is 0 Å². The highest BCUT2D eigenvalue weighted by Gasteiger charge is 2.34. The highest BCUT2D eigenvalue weighted by Crippen LogP contribution is 2.37. The number of anilines is 2. The molecule has 1 aromatic carbocycles. The average molecular weight is 498 g/mol. The van der Waals surface area contributed by atoms with Crippen LogP contribution in [0.4, 0.5) is 11.5 Å². The van der Waals surface area contributed by atoms with Crippen molar-refractivity contribution in [3.8, 4) is 11.3 Å². The molecular weight excluding hydrogens is 462 g/mol. The molecule has 4 aromatic rings. The molecule has 0 amide bonds. The number of ether oxygens (including phenoxy) is 1. The maximum absolute atomic E-state index is 13.0. The lowest BCUT2D eigenvalue weighted by Crippen LogP contribution is -2.26. The molecular formula is C30H35N5O2. The van der Waals surface area contributed by atoms with Gasteiger partial charge in [-0.1, -0.05) is 26.0 Å². The Kier molecular flexibility index (Phi) is 6.84. The molecule has 4 heterocycles. The molecule has 5 rings (SSSR count). The maximum Gasteiger partial charge on any atom is 0.162 e. The first-order valence-corrected chi connectivity index (χ1v) is 13.0. The maximum atomic E-state index is 13.0. The number of ketones is 1. The molecule has 1 atom stereocenters. The first kappa shape index (κ1) is 25.1. The van der Waals surface area contributed by atoms with Gasteiger partial charge in [0.05, 0.1) is 29.9 Å². The first-order valence-electron chi connectivity index (χ1n) is 13.0. The molecule has 192 valence electrons. The van der Waals surface area contributed by atoms with E-state index < -0.39 is 0 Å². The van der Waals surface area contributed by atoms with Crippen molar-refractivity contribution in [1.29, 1.82) is 0 Å². The van der Waals surface area contributed by atoms with Gasteiger partial charge in [0.2, 0.25) is 0 Å². The van der Waals surface area contributed by atoms with Crippen LogP contribution in [0, 0.1) is 6.92 Å². The smallest absolute Gasteiger partial charge is 0.162 e. The standard InChI is InChI=1S/C30H35N5O2/c1-6-21-22(26-17-32-28-15-19(2)11-13-35(26)28)7-9-24(29(21)20(3)36)33-27-10-8-23(25(34-27)16-31-5)30(4)12-14-37-18-30/h7-11,13,15,17,31H,6,12,14,16,18H2,1-5H3,(H,33,34)/t30-/m1/s1. The van der Waals surface area contributed by atoms with E-state index in [0.717, 1.165) is 58.3 Å². The van der Waals surface area contributed by atoms with E-state index in [1.165, 1.54) is 5.56 Å². The third-order valence-electron chi connectivity index (χ3n) is 7.41. The second-order valence-electron chi connectivity index (χ2n) is 10.2. The molecule has 1 aliphatic heterocycles. The number of carbonyl (C=O) groups excluding carboxylic acids is 1. The van der Waals surface area contributed by atoms with Crippen LogP contribution in [0.15, 0.2) is 48.8 Å². The Balaban J connectivity index is 1.56. The SMILES string of the molecule is CCc1c(-c2cnc3cc(C)ccn23)ccc(Nc2ccc([C@]3(C)CCOC3)c(CNC)n2)c1C(C)=O. The van der Waals surface area contributed by atoms with Crippen LogP contribution >= 0.6 is 0 Å². The number of nitrogens with one attached hydrogen (secondary N) is 2. The van der Waals surface area contributed by atoms with Crippen LogP contribution in [0.5, 0.6) is 0 Å². The third kappa shape index (κ3) is 4.65. The zero-order chi connectivity index (χ0) is 26.2. The van der Waals surface area contributed by atoms with Crippen LogP contribution in [-0.2, 0) is 23.1 Å². The summed E-state index contributed by atoms with van der Waals surface area (Å²) in [6, 6.07) is 12.4. The van der Waals surface area contributed by atoms with Crippen molar-refractivity contribution in [3.05, 3.63) is 76.7 Å². The molecule has 1 fully saturated rings. The number of benzene rings is 1. The van der Waals surface area contributed by atoms with E-state index in [1.54, 1.807) is 6.92 Å². The predicted octanol–water partition coefficient (Wildman–Crippen LogP) is 5.61. The lowest BCUT2D eigenvalue weighted by Gasteiger charge is -2.25. The highest BCUT2D eigenvalue weighted by molar-refractivity contribution is 6.03. The highest BCUT2D eigenvalue weighted by atomic mass is 16.5. The topological polar surface area (TPSA) is 80.6 Å². The number of carbonyl (C=O) groups is 1. The average Bonchev–Trinajstić information content (AvgIpc) is 3.50. The summed E-state index contributed by atoms with van der Waals surface area (Å²) in [4.78, 5) is 22.6. The summed E-state index contributed by atoms with van der Waals surface area (Å²) >= 11 is 0. The molecule has 7 nitrogen and oxygen atoms in total. The Morgan fingerprint density at radius 2 is 2.05 bits per heavy atom. The van der Waals surface area contributed by atoms with E-state index in [2.05, 4.69) is 65.1 Å². The van der Waals surface area contributed by atoms with Crippen LogP contribution in [0.25, 0.3) is 16.9 Å². The number of hydrogen-bond acceptors (Lipinski definition) is 6. The Morgan fingerprint density at radius 3 is 2.76 bits per heavy atom. The van der Waals surface area contributed by atoms with Gasteiger partial charge in [-0.15, -0.1) is 0 Å². The molecule has 7 heteroatoms. The molecule has 0 aliphatic carbocycles. The zero-order valence-electron chi connectivity index (χ0n) is 22.3. The fraction of sp³-hybridized carbons (Fsp3) is 0.367. The van der Waals surface area contributed by atoms with Gasteiger partial charge in [-0.25, -0.2) is 9.97 Å². The summed E-state index contributed by atoms with van der Waals surface area (Å²) in [6.45, 7) is 10.2. The molecule has 0 radical (unpaired) electrons. The van der Waals surface area contributed by atoms with Gasteiger partial charge in [0, 0.05) is 35.9 Å². The number of aryl methyl sites for hydroxylation is 1. The summed E-state index contributed by atoms with van der Waals surface area (Å²) in [7, 11) is 1.93. The minimum atomic E-state index is -0.0359. The molecule has 3 aromatic heterocycles. The minimum Gasteiger partial charge on any atom is -0.380 e. The van der Waals surface area contributed by atoms with Gasteiger partial charge in [0.15, 0.2) is 5.78 Å². The fourth-order valence-corrected chi connectivity index (χ4v) is 5.48. The first-order chi connectivity index (χ1) is 17.8. The van der Waals surface area contributed by atoms with Crippen LogP contribution < -0.4 is 10.6 Å². The van der Waals surface area contributed by atoms with Crippen LogP contribution in [0.2, 0.25) is 0 Å². The van der Waals surface area contributed by atoms with E-state index in [0.29, 0.717) is 25.1 Å². The van der Waals surface area contributed by atoms with Crippen molar-refractivity contribution in [3.63, 3.8) is 0 Å². The Hall–Kier alpha value is -3.55. The van der Waals surface area contributed by atoms with Crippen molar-refractivity contribution in [2.75, 3.05) is 25.6 Å². The number of hydrogen-bond donors (Lipinski definition) is 2. The number of Topliss-reactive ketones (excluding diaryl/α,β-unsaturated/α-hetero) is 1. The second kappa shape index (κ2) is 10.1. The molecule has 0 spiro atoms. The van der Waals surface area contributed by atoms with Crippen molar-refractivity contribution in [2.45, 2.75) is 52.5 Å². The van der Waals surface area contributed by atoms with Crippen LogP contribution in [0.1, 0.15) is 59.9 Å². The van der Waals surface area contributed by atoms with Gasteiger partial charge < -0.3 is 15.4 Å². The third-order valence-corrected chi connectivity index (χ3v) is 7.41. The van der Waals surface area contributed by atoms with E-state index in [-0.39, 0.29) is 11.2 Å². The molecule has 0 unspecified atom stereocenters. The Morgan fingerprint density at radius 1 is 1.22 bits per heavy atom. The summed E-state index contributed by atoms with van der Waals surface area (Å²) in [5.41, 5.74) is 8.69. The van der Waals surface area contributed by atoms with E-state index >= 15 is 0 Å². The molecule has 1 aliphatic rings. The van der Waals surface area contributed by atoms with Gasteiger partial charge in [0.1, 0.15) is 11.5 Å². The Bertz CT molecular complexity index is 1470. The number of pyridine rings is 2. The minimum absolute atomic E-state index is 0.0218. The molecule has 0 saturated carbocycles. The van der Waals surface area contributed by atoms with Gasteiger partial charge in [-0.05, 0) is 74.7 Å². The largest absolute Gasteiger partial charge is 0.380 e. The predicted molar refractivity (Wildman–Crippen MR) is 148 cm³/mol. The van der Waals surface area contributed by atoms with Crippen LogP contribution in [0.3, 0.4) is 0 Å². The second-order valence-corrected chi connectivity index (χ2v) is 10.2. The van der Waals surface area contributed by atoms with Gasteiger partial charge in [-0.3, -0.25) is 9.20 Å². The van der Waals surface area contributed by atoms with E-state index in [1.807, 2.05) is 31.6 Å². The fourth-order valence-electron chi connectivity index (χ4n) is 5.48. The number of rotatable bonds is 8. The van der Waals surface area contributed by atoms with E-state index in [4.69, 9.17) is 9.72 Å². The molecule has 2 N–H and O–H groups in total. The summed E-state index contributed by atoms with van der Waals surface area (Å²) < 4.78 is 7.79. The Labute approximate surface area is 218 Å². The summed E-state index contributed by atoms with van der Waals surface area (Å²) in [5, 5.41) is 6.71. The number of aromatic nitrogens is 3. The molecule has 0 bridgehead atoms. The van der Waals surface area contributed by atoms with Crippen molar-refractivity contribution < 1.29 is 9.53 Å². The van der Waals surface area contributed by atoms with Crippen LogP contribution in [-0.4, -0.2) is 40.4 Å². The normalized spacial score (nSPS) is 17.4. The van der Waals surface area contributed by atoms with Crippen molar-refractivity contribution in [1.82, 2.24) is 19.7 Å². The van der Waals surface area contributed by atoms with Gasteiger partial charge >= 0.3 is 0 Å². The zero-order valence-corrected chi connectivity index (χ0v) is 22.3. The molecule has 37 heavy (non-hydrogen) atoms. The quantitative estimate of drug-likeness (QED) is 0.308. The number of imidazole rings is 1. The van der Waals surface area contributed by atoms with Crippen molar-refractivity contribution >= 4 is 22.9 Å². The van der Waals surface area contributed by atoms with Gasteiger partial charge in [-0.2, -0.15) is 0 Å². The monoisotopic (exact) mass is 497 g/mol.